The van der Waals surface area contributed by atoms with Gasteiger partial charge >= 0.3 is 0 Å². The SMILES string of the molecule is Cc1ccccc1-n1c(=O)c2ccccc2n2c(SC(C)C(N)=O)nnc12. The lowest BCUT2D eigenvalue weighted by Crippen LogP contribution is -2.24. The predicted molar refractivity (Wildman–Crippen MR) is 105 cm³/mol. The highest BCUT2D eigenvalue weighted by atomic mass is 32.2. The van der Waals surface area contributed by atoms with E-state index < -0.39 is 11.2 Å². The first-order valence-electron chi connectivity index (χ1n) is 8.40. The van der Waals surface area contributed by atoms with Gasteiger partial charge in [-0.15, -0.1) is 10.2 Å². The molecule has 1 unspecified atom stereocenters. The third-order valence-electron chi connectivity index (χ3n) is 4.43. The van der Waals surface area contributed by atoms with E-state index in [0.29, 0.717) is 21.8 Å². The third kappa shape index (κ3) is 2.78. The van der Waals surface area contributed by atoms with Crippen LogP contribution in [-0.4, -0.2) is 30.3 Å². The van der Waals surface area contributed by atoms with Gasteiger partial charge in [0.05, 0.1) is 21.8 Å². The lowest BCUT2D eigenvalue weighted by molar-refractivity contribution is -0.117. The summed E-state index contributed by atoms with van der Waals surface area (Å²) in [6.45, 7) is 3.66. The van der Waals surface area contributed by atoms with Crippen molar-refractivity contribution < 1.29 is 4.79 Å². The summed E-state index contributed by atoms with van der Waals surface area (Å²) < 4.78 is 3.36. The Labute approximate surface area is 158 Å². The maximum atomic E-state index is 13.2. The van der Waals surface area contributed by atoms with E-state index in [-0.39, 0.29) is 5.56 Å². The number of nitrogens with zero attached hydrogens (tertiary/aromatic N) is 4. The molecule has 2 N–H and O–H groups in total. The van der Waals surface area contributed by atoms with Crippen molar-refractivity contribution in [3.05, 3.63) is 64.4 Å². The normalized spacial score (nSPS) is 12.5. The van der Waals surface area contributed by atoms with Crippen LogP contribution >= 0.6 is 11.8 Å². The van der Waals surface area contributed by atoms with Crippen molar-refractivity contribution >= 4 is 34.3 Å². The molecule has 0 radical (unpaired) electrons. The van der Waals surface area contributed by atoms with Gasteiger partial charge in [0.25, 0.3) is 5.56 Å². The number of amides is 1. The number of benzene rings is 2. The summed E-state index contributed by atoms with van der Waals surface area (Å²) in [6.07, 6.45) is 0. The number of aryl methyl sites for hydroxylation is 1. The van der Waals surface area contributed by atoms with E-state index in [4.69, 9.17) is 5.73 Å². The van der Waals surface area contributed by atoms with Gasteiger partial charge in [-0.3, -0.25) is 14.0 Å². The molecule has 0 aliphatic rings. The van der Waals surface area contributed by atoms with Crippen molar-refractivity contribution in [3.63, 3.8) is 0 Å². The Hall–Kier alpha value is -3.13. The lowest BCUT2D eigenvalue weighted by atomic mass is 10.2. The molecule has 27 heavy (non-hydrogen) atoms. The molecule has 2 aromatic carbocycles. The summed E-state index contributed by atoms with van der Waals surface area (Å²) in [6, 6.07) is 14.9. The van der Waals surface area contributed by atoms with Gasteiger partial charge in [-0.1, -0.05) is 42.1 Å². The van der Waals surface area contributed by atoms with Gasteiger partial charge < -0.3 is 5.73 Å². The minimum atomic E-state index is -0.477. The highest BCUT2D eigenvalue weighted by Crippen LogP contribution is 2.26. The maximum Gasteiger partial charge on any atom is 0.267 e. The molecular formula is C19H17N5O2S. The van der Waals surface area contributed by atoms with Gasteiger partial charge in [0, 0.05) is 0 Å². The van der Waals surface area contributed by atoms with E-state index in [1.165, 1.54) is 11.8 Å². The summed E-state index contributed by atoms with van der Waals surface area (Å²) in [4.78, 5) is 24.7. The monoisotopic (exact) mass is 379 g/mol. The van der Waals surface area contributed by atoms with Crippen molar-refractivity contribution in [1.29, 1.82) is 0 Å². The smallest absolute Gasteiger partial charge is 0.267 e. The fraction of sp³-hybridized carbons (Fsp3) is 0.158. The number of rotatable bonds is 4. The Bertz CT molecular complexity index is 1240. The first kappa shape index (κ1) is 17.3. The number of thioether (sulfide) groups is 1. The number of aromatic nitrogens is 4. The van der Waals surface area contributed by atoms with Gasteiger partial charge in [-0.05, 0) is 37.6 Å². The molecule has 2 aromatic heterocycles. The molecule has 1 amide bonds. The topological polar surface area (TPSA) is 95.3 Å². The molecule has 0 saturated heterocycles. The van der Waals surface area contributed by atoms with Crippen molar-refractivity contribution in [2.24, 2.45) is 5.73 Å². The molecule has 7 nitrogen and oxygen atoms in total. The number of hydrogen-bond acceptors (Lipinski definition) is 5. The molecule has 0 aliphatic carbocycles. The number of fused-ring (bicyclic) bond motifs is 3. The number of hydrogen-bond donors (Lipinski definition) is 1. The Morgan fingerprint density at radius 2 is 1.81 bits per heavy atom. The van der Waals surface area contributed by atoms with Crippen LogP contribution in [0.5, 0.6) is 0 Å². The zero-order valence-corrected chi connectivity index (χ0v) is 15.6. The Kier molecular flexibility index (Phi) is 4.19. The summed E-state index contributed by atoms with van der Waals surface area (Å²) in [5.41, 5.74) is 7.61. The highest BCUT2D eigenvalue weighted by molar-refractivity contribution is 8.00. The molecule has 4 rings (SSSR count). The number of nitrogens with two attached hydrogens (primary N) is 1. The molecule has 0 spiro atoms. The molecule has 0 saturated carbocycles. The van der Waals surface area contributed by atoms with Gasteiger partial charge in [0.2, 0.25) is 11.7 Å². The van der Waals surface area contributed by atoms with Crippen LogP contribution in [0.15, 0.2) is 58.5 Å². The van der Waals surface area contributed by atoms with Crippen LogP contribution in [0.3, 0.4) is 0 Å². The number of primary amides is 1. The van der Waals surface area contributed by atoms with E-state index in [1.807, 2.05) is 49.4 Å². The summed E-state index contributed by atoms with van der Waals surface area (Å²) in [5, 5.41) is 9.07. The largest absolute Gasteiger partial charge is 0.369 e. The molecule has 136 valence electrons. The van der Waals surface area contributed by atoms with Gasteiger partial charge in [0.15, 0.2) is 5.16 Å². The third-order valence-corrected chi connectivity index (χ3v) is 5.49. The van der Waals surface area contributed by atoms with E-state index in [1.54, 1.807) is 22.0 Å². The standard InChI is InChI=1S/C19H17N5O2S/c1-11-7-3-5-9-14(11)23-17(26)13-8-4-6-10-15(13)24-18(23)21-22-19(24)27-12(2)16(20)25/h3-10,12H,1-2H3,(H2,20,25). The second-order valence-corrected chi connectivity index (χ2v) is 7.53. The second kappa shape index (κ2) is 6.55. The van der Waals surface area contributed by atoms with Crippen molar-refractivity contribution in [3.8, 4) is 5.69 Å². The number of para-hydroxylation sites is 2. The van der Waals surface area contributed by atoms with E-state index in [2.05, 4.69) is 10.2 Å². The van der Waals surface area contributed by atoms with E-state index >= 15 is 0 Å². The van der Waals surface area contributed by atoms with Crippen molar-refractivity contribution in [2.45, 2.75) is 24.3 Å². The van der Waals surface area contributed by atoms with Crippen LogP contribution in [0.25, 0.3) is 22.4 Å². The minimum absolute atomic E-state index is 0.167. The summed E-state index contributed by atoms with van der Waals surface area (Å²) in [5.74, 6) is -0.0412. The first-order valence-corrected chi connectivity index (χ1v) is 9.28. The van der Waals surface area contributed by atoms with Crippen LogP contribution < -0.4 is 11.3 Å². The fourth-order valence-corrected chi connectivity index (χ4v) is 3.81. The summed E-state index contributed by atoms with van der Waals surface area (Å²) in [7, 11) is 0. The molecule has 0 fully saturated rings. The molecule has 8 heteroatoms. The molecule has 1 atom stereocenters. The average Bonchev–Trinajstić information content (AvgIpc) is 3.06. The highest BCUT2D eigenvalue weighted by Gasteiger charge is 2.21. The quantitative estimate of drug-likeness (QED) is 0.549. The van der Waals surface area contributed by atoms with Crippen LogP contribution in [-0.2, 0) is 4.79 Å². The maximum absolute atomic E-state index is 13.2. The fourth-order valence-electron chi connectivity index (χ4n) is 3.00. The molecule has 4 aromatic rings. The molecular weight excluding hydrogens is 362 g/mol. The van der Waals surface area contributed by atoms with Crippen LogP contribution in [0, 0.1) is 6.92 Å². The average molecular weight is 379 g/mol. The predicted octanol–water partition coefficient (Wildman–Crippen LogP) is 2.31. The summed E-state index contributed by atoms with van der Waals surface area (Å²) >= 11 is 1.22. The zero-order chi connectivity index (χ0) is 19.1. The van der Waals surface area contributed by atoms with Gasteiger partial charge in [-0.25, -0.2) is 4.57 Å². The Balaban J connectivity index is 2.11. The Morgan fingerprint density at radius 3 is 2.56 bits per heavy atom. The minimum Gasteiger partial charge on any atom is -0.369 e. The van der Waals surface area contributed by atoms with Gasteiger partial charge in [-0.2, -0.15) is 0 Å². The molecule has 0 bridgehead atoms. The Morgan fingerprint density at radius 1 is 1.11 bits per heavy atom. The van der Waals surface area contributed by atoms with E-state index in [9.17, 15) is 9.59 Å². The zero-order valence-electron chi connectivity index (χ0n) is 14.8. The first-order chi connectivity index (χ1) is 13.0. The lowest BCUT2D eigenvalue weighted by Gasteiger charge is -2.13. The van der Waals surface area contributed by atoms with Crippen LogP contribution in [0.4, 0.5) is 0 Å². The van der Waals surface area contributed by atoms with Crippen molar-refractivity contribution in [1.82, 2.24) is 19.2 Å². The van der Waals surface area contributed by atoms with Crippen LogP contribution in [0.2, 0.25) is 0 Å². The molecule has 2 heterocycles. The number of carbonyl (C=O) groups excluding carboxylic acids is 1. The second-order valence-electron chi connectivity index (χ2n) is 6.22. The molecule has 0 aliphatic heterocycles. The number of carbonyl (C=O) groups is 1. The van der Waals surface area contributed by atoms with Crippen molar-refractivity contribution in [2.75, 3.05) is 0 Å². The van der Waals surface area contributed by atoms with Gasteiger partial charge in [0.1, 0.15) is 0 Å². The van der Waals surface area contributed by atoms with E-state index in [0.717, 1.165) is 11.3 Å². The van der Waals surface area contributed by atoms with Crippen LogP contribution in [0.1, 0.15) is 12.5 Å².